The van der Waals surface area contributed by atoms with Gasteiger partial charge in [-0.15, -0.1) is 0 Å². The zero-order chi connectivity index (χ0) is 17.1. The Morgan fingerprint density at radius 2 is 1.92 bits per heavy atom. The van der Waals surface area contributed by atoms with E-state index in [9.17, 15) is 14.0 Å². The lowest BCUT2D eigenvalue weighted by atomic mass is 9.91. The molecule has 0 aromatic carbocycles. The largest absolute Gasteiger partial charge is 0.480 e. The Bertz CT molecular complexity index is 774. The van der Waals surface area contributed by atoms with Crippen LogP contribution in [0, 0.1) is 29.5 Å². The van der Waals surface area contributed by atoms with Crippen molar-refractivity contribution in [3.63, 3.8) is 0 Å². The molecule has 1 aromatic rings. The maximum atomic E-state index is 13.2. The molecule has 3 rings (SSSR count). The monoisotopic (exact) mass is 326 g/mol. The maximum Gasteiger partial charge on any atom is 0.237 e. The second kappa shape index (κ2) is 6.67. The molecule has 2 aliphatic rings. The van der Waals surface area contributed by atoms with E-state index in [4.69, 9.17) is 4.74 Å². The summed E-state index contributed by atoms with van der Waals surface area (Å²) in [5, 5.41) is 0. The molecule has 1 aliphatic heterocycles. The van der Waals surface area contributed by atoms with Crippen LogP contribution in [0.3, 0.4) is 0 Å². The highest BCUT2D eigenvalue weighted by molar-refractivity contribution is 6.07. The number of hydrogen-bond acceptors (Lipinski definition) is 4. The third kappa shape index (κ3) is 2.93. The fourth-order valence-corrected chi connectivity index (χ4v) is 2.77. The quantitative estimate of drug-likeness (QED) is 0.627. The van der Waals surface area contributed by atoms with Crippen molar-refractivity contribution in [2.45, 2.75) is 6.42 Å². The van der Waals surface area contributed by atoms with Crippen LogP contribution in [0.5, 0.6) is 5.88 Å². The number of allylic oxidation sites excluding steroid dienone is 2. The average Bonchev–Trinajstić information content (AvgIpc) is 2.84. The smallest absolute Gasteiger partial charge is 0.237 e. The lowest BCUT2D eigenvalue weighted by Gasteiger charge is -2.11. The minimum Gasteiger partial charge on any atom is -0.480 e. The van der Waals surface area contributed by atoms with Crippen LogP contribution in [-0.4, -0.2) is 35.4 Å². The summed E-state index contributed by atoms with van der Waals surface area (Å²) < 4.78 is 18.2. The van der Waals surface area contributed by atoms with Crippen molar-refractivity contribution in [2.24, 2.45) is 11.8 Å². The van der Waals surface area contributed by atoms with Crippen LogP contribution in [0.2, 0.25) is 0 Å². The van der Waals surface area contributed by atoms with Crippen molar-refractivity contribution in [2.75, 3.05) is 13.7 Å². The van der Waals surface area contributed by atoms with Gasteiger partial charge in [-0.1, -0.05) is 36.1 Å². The third-order valence-electron chi connectivity index (χ3n) is 3.93. The number of carbonyl (C=O) groups is 2. The highest BCUT2D eigenvalue weighted by atomic mass is 19.1. The summed E-state index contributed by atoms with van der Waals surface area (Å²) in [5.74, 6) is 4.13. The van der Waals surface area contributed by atoms with E-state index in [0.29, 0.717) is 12.0 Å². The minimum absolute atomic E-state index is 0.197. The Labute approximate surface area is 138 Å². The SMILES string of the molecule is COc1ncc(F)cc1C#CCCN1C(=O)C2C=CC=CC2C1=O. The summed E-state index contributed by atoms with van der Waals surface area (Å²) in [6, 6.07) is 1.23. The van der Waals surface area contributed by atoms with Gasteiger partial charge in [0.15, 0.2) is 0 Å². The summed E-state index contributed by atoms with van der Waals surface area (Å²) in [7, 11) is 1.43. The number of ether oxygens (including phenoxy) is 1. The van der Waals surface area contributed by atoms with E-state index in [-0.39, 0.29) is 24.2 Å². The number of pyridine rings is 1. The number of carbonyl (C=O) groups excluding carboxylic acids is 2. The molecule has 2 atom stereocenters. The molecule has 0 saturated carbocycles. The number of halogens is 1. The first-order valence-electron chi connectivity index (χ1n) is 7.50. The molecule has 2 heterocycles. The van der Waals surface area contributed by atoms with Crippen molar-refractivity contribution in [1.82, 2.24) is 9.88 Å². The van der Waals surface area contributed by atoms with Gasteiger partial charge in [-0.05, 0) is 6.07 Å². The van der Waals surface area contributed by atoms with Crippen LogP contribution in [0.1, 0.15) is 12.0 Å². The summed E-state index contributed by atoms with van der Waals surface area (Å²) in [4.78, 5) is 29.5. The number of likely N-dealkylation sites (tertiary alicyclic amines) is 1. The number of amides is 2. The third-order valence-corrected chi connectivity index (χ3v) is 3.93. The standard InChI is InChI=1S/C18H15FN2O3/c1-24-16-12(10-13(19)11-20-16)6-4-5-9-21-17(22)14-7-2-3-8-15(14)18(21)23/h2-3,7-8,10-11,14-15H,5,9H2,1H3. The number of fused-ring (bicyclic) bond motifs is 1. The molecular weight excluding hydrogens is 311 g/mol. The van der Waals surface area contributed by atoms with Crippen molar-refractivity contribution >= 4 is 11.8 Å². The number of nitrogens with zero attached hydrogens (tertiary/aromatic N) is 2. The average molecular weight is 326 g/mol. The summed E-state index contributed by atoms with van der Waals surface area (Å²) in [6.45, 7) is 0.213. The molecule has 122 valence electrons. The van der Waals surface area contributed by atoms with Crippen molar-refractivity contribution < 1.29 is 18.7 Å². The maximum absolute atomic E-state index is 13.2. The molecule has 1 saturated heterocycles. The van der Waals surface area contributed by atoms with Gasteiger partial charge in [0.2, 0.25) is 17.7 Å². The Morgan fingerprint density at radius 1 is 1.25 bits per heavy atom. The van der Waals surface area contributed by atoms with Gasteiger partial charge in [0.1, 0.15) is 5.82 Å². The Kier molecular flexibility index (Phi) is 4.43. The highest BCUT2D eigenvalue weighted by Gasteiger charge is 2.44. The lowest BCUT2D eigenvalue weighted by molar-refractivity contribution is -0.139. The highest BCUT2D eigenvalue weighted by Crippen LogP contribution is 2.30. The fraction of sp³-hybridized carbons (Fsp3) is 0.278. The minimum atomic E-state index is -0.507. The molecule has 5 nitrogen and oxygen atoms in total. The van der Waals surface area contributed by atoms with Gasteiger partial charge in [0.25, 0.3) is 0 Å². The topological polar surface area (TPSA) is 59.5 Å². The molecule has 1 aromatic heterocycles. The molecule has 2 amide bonds. The first-order chi connectivity index (χ1) is 11.6. The molecule has 24 heavy (non-hydrogen) atoms. The van der Waals surface area contributed by atoms with Crippen molar-refractivity contribution in [3.8, 4) is 17.7 Å². The van der Waals surface area contributed by atoms with E-state index in [0.717, 1.165) is 6.20 Å². The Morgan fingerprint density at radius 3 is 2.54 bits per heavy atom. The summed E-state index contributed by atoms with van der Waals surface area (Å²) in [6.07, 6.45) is 8.40. The molecule has 0 N–H and O–H groups in total. The van der Waals surface area contributed by atoms with E-state index in [2.05, 4.69) is 16.8 Å². The number of methoxy groups -OCH3 is 1. The van der Waals surface area contributed by atoms with Crippen LogP contribution in [0.4, 0.5) is 4.39 Å². The second-order valence-electron chi connectivity index (χ2n) is 5.41. The number of hydrogen-bond donors (Lipinski definition) is 0. The number of rotatable bonds is 3. The van der Waals surface area contributed by atoms with Gasteiger partial charge >= 0.3 is 0 Å². The fourth-order valence-electron chi connectivity index (χ4n) is 2.77. The Balaban J connectivity index is 1.67. The zero-order valence-corrected chi connectivity index (χ0v) is 13.0. The zero-order valence-electron chi connectivity index (χ0n) is 13.0. The van der Waals surface area contributed by atoms with E-state index < -0.39 is 17.7 Å². The van der Waals surface area contributed by atoms with E-state index in [1.165, 1.54) is 18.1 Å². The molecule has 0 spiro atoms. The first-order valence-corrected chi connectivity index (χ1v) is 7.50. The van der Waals surface area contributed by atoms with Crippen LogP contribution in [-0.2, 0) is 9.59 Å². The van der Waals surface area contributed by atoms with Gasteiger partial charge in [0, 0.05) is 13.0 Å². The molecule has 6 heteroatoms. The molecule has 0 radical (unpaired) electrons. The van der Waals surface area contributed by atoms with Gasteiger partial charge in [-0.25, -0.2) is 9.37 Å². The van der Waals surface area contributed by atoms with E-state index in [1.54, 1.807) is 24.3 Å². The predicted molar refractivity (Wildman–Crippen MR) is 84.2 cm³/mol. The number of aromatic nitrogens is 1. The van der Waals surface area contributed by atoms with Crippen molar-refractivity contribution in [3.05, 3.63) is 47.9 Å². The Hall–Kier alpha value is -2.94. The lowest BCUT2D eigenvalue weighted by Crippen LogP contribution is -2.31. The molecule has 1 fully saturated rings. The van der Waals surface area contributed by atoms with Gasteiger partial charge in [-0.3, -0.25) is 14.5 Å². The van der Waals surface area contributed by atoms with Gasteiger partial charge in [-0.2, -0.15) is 0 Å². The van der Waals surface area contributed by atoms with Crippen LogP contribution in [0.25, 0.3) is 0 Å². The van der Waals surface area contributed by atoms with Crippen LogP contribution in [0.15, 0.2) is 36.6 Å². The van der Waals surface area contributed by atoms with Crippen LogP contribution >= 0.6 is 0 Å². The predicted octanol–water partition coefficient (Wildman–Crippen LogP) is 1.70. The molecule has 1 aliphatic carbocycles. The first kappa shape index (κ1) is 15.9. The molecule has 2 unspecified atom stereocenters. The molecule has 0 bridgehead atoms. The normalized spacial score (nSPS) is 21.5. The van der Waals surface area contributed by atoms with E-state index >= 15 is 0 Å². The van der Waals surface area contributed by atoms with Crippen molar-refractivity contribution in [1.29, 1.82) is 0 Å². The summed E-state index contributed by atoms with van der Waals surface area (Å²) in [5.41, 5.74) is 0.330. The summed E-state index contributed by atoms with van der Waals surface area (Å²) >= 11 is 0. The van der Waals surface area contributed by atoms with Crippen LogP contribution < -0.4 is 4.74 Å². The second-order valence-corrected chi connectivity index (χ2v) is 5.41. The number of imide groups is 1. The van der Waals surface area contributed by atoms with Gasteiger partial charge < -0.3 is 4.74 Å². The van der Waals surface area contributed by atoms with E-state index in [1.807, 2.05) is 0 Å². The van der Waals surface area contributed by atoms with Gasteiger partial charge in [0.05, 0.1) is 30.7 Å². The molecular formula is C18H15FN2O3.